The number of nitrogens with zero attached hydrogens (tertiary/aromatic N) is 3. The van der Waals surface area contributed by atoms with Crippen molar-refractivity contribution in [1.82, 2.24) is 9.97 Å². The molecule has 1 aromatic rings. The first-order chi connectivity index (χ1) is 11.0. The normalized spacial score (nSPS) is 20.0. The Bertz CT molecular complexity index is 570. The Balaban J connectivity index is 0.000000351. The number of anilines is 1. The van der Waals surface area contributed by atoms with Crippen LogP contribution in [0.2, 0.25) is 0 Å². The molecule has 0 aliphatic carbocycles. The van der Waals surface area contributed by atoms with Crippen molar-refractivity contribution < 1.29 is 36.6 Å². The van der Waals surface area contributed by atoms with Gasteiger partial charge >= 0.3 is 12.1 Å². The number of halogens is 5. The molecule has 1 aliphatic rings. The number of hydrogen-bond donors (Lipinski definition) is 2. The van der Waals surface area contributed by atoms with Crippen molar-refractivity contribution in [2.24, 2.45) is 5.73 Å². The monoisotopic (exact) mass is 358 g/mol. The number of carboxylic acid groups (broad SMARTS) is 1. The van der Waals surface area contributed by atoms with Gasteiger partial charge in [0.1, 0.15) is 12.1 Å². The quantitative estimate of drug-likeness (QED) is 0.768. The minimum atomic E-state index is -5.08. The molecule has 12 heteroatoms. The van der Waals surface area contributed by atoms with Gasteiger partial charge in [0.25, 0.3) is 5.92 Å². The van der Waals surface area contributed by atoms with E-state index in [2.05, 4.69) is 9.97 Å². The molecule has 1 aromatic heterocycles. The molecule has 0 bridgehead atoms. The highest BCUT2D eigenvalue weighted by Crippen LogP contribution is 2.29. The predicted molar refractivity (Wildman–Crippen MR) is 72.0 cm³/mol. The smallest absolute Gasteiger partial charge is 0.481 e. The van der Waals surface area contributed by atoms with Crippen LogP contribution in [-0.2, 0) is 4.79 Å². The van der Waals surface area contributed by atoms with Gasteiger partial charge in [-0.05, 0) is 0 Å². The second-order valence-corrected chi connectivity index (χ2v) is 4.79. The summed E-state index contributed by atoms with van der Waals surface area (Å²) >= 11 is 0. The van der Waals surface area contributed by atoms with Crippen LogP contribution >= 0.6 is 0 Å². The SMILES string of the molecule is COc1cc(N2CCC(F)(F)C(N)C2)ncn1.O=C(O)C(F)(F)F. The summed E-state index contributed by atoms with van der Waals surface area (Å²) in [7, 11) is 1.49. The van der Waals surface area contributed by atoms with E-state index < -0.39 is 24.1 Å². The van der Waals surface area contributed by atoms with E-state index in [1.165, 1.54) is 13.4 Å². The standard InChI is InChI=1S/C10H14F2N4O.C2HF3O2/c1-17-9-4-8(14-6-15-9)16-3-2-10(11,12)7(13)5-16;3-2(4,5)1(6)7/h4,6-7H,2-3,5,13H2,1H3;(H,6,7). The van der Waals surface area contributed by atoms with Crippen LogP contribution in [0.1, 0.15) is 6.42 Å². The molecule has 2 rings (SSSR count). The van der Waals surface area contributed by atoms with Crippen LogP contribution in [-0.4, -0.2) is 59.4 Å². The molecule has 0 radical (unpaired) electrons. The highest BCUT2D eigenvalue weighted by atomic mass is 19.4. The predicted octanol–water partition coefficient (Wildman–Crippen LogP) is 1.29. The molecule has 0 saturated carbocycles. The number of carboxylic acids is 1. The number of aliphatic carboxylic acids is 1. The molecule has 0 aromatic carbocycles. The van der Waals surface area contributed by atoms with Crippen LogP contribution in [0.4, 0.5) is 27.8 Å². The second kappa shape index (κ2) is 7.55. The molecule has 7 nitrogen and oxygen atoms in total. The molecule has 1 unspecified atom stereocenters. The van der Waals surface area contributed by atoms with Crippen LogP contribution in [0, 0.1) is 0 Å². The van der Waals surface area contributed by atoms with Gasteiger partial charge in [0.05, 0.1) is 13.2 Å². The highest BCUT2D eigenvalue weighted by Gasteiger charge is 2.42. The average molecular weight is 358 g/mol. The molecule has 24 heavy (non-hydrogen) atoms. The summed E-state index contributed by atoms with van der Waals surface area (Å²) in [6.07, 6.45) is -4.01. The fraction of sp³-hybridized carbons (Fsp3) is 0.583. The lowest BCUT2D eigenvalue weighted by atomic mass is 10.0. The number of ether oxygens (including phenoxy) is 1. The Morgan fingerprint density at radius 2 is 2.04 bits per heavy atom. The lowest BCUT2D eigenvalue weighted by Gasteiger charge is -2.36. The zero-order valence-electron chi connectivity index (χ0n) is 12.4. The van der Waals surface area contributed by atoms with Gasteiger partial charge in [0, 0.05) is 25.6 Å². The highest BCUT2D eigenvalue weighted by molar-refractivity contribution is 5.73. The van der Waals surface area contributed by atoms with Crippen molar-refractivity contribution >= 4 is 11.8 Å². The first kappa shape index (κ1) is 19.8. The third-order valence-corrected chi connectivity index (χ3v) is 3.08. The van der Waals surface area contributed by atoms with Gasteiger partial charge in [-0.25, -0.2) is 23.5 Å². The van der Waals surface area contributed by atoms with Crippen LogP contribution in [0.3, 0.4) is 0 Å². The van der Waals surface area contributed by atoms with E-state index in [1.54, 1.807) is 11.0 Å². The topological polar surface area (TPSA) is 102 Å². The lowest BCUT2D eigenvalue weighted by molar-refractivity contribution is -0.192. The third-order valence-electron chi connectivity index (χ3n) is 3.08. The number of alkyl halides is 5. The molecule has 1 saturated heterocycles. The maximum absolute atomic E-state index is 13.2. The zero-order valence-corrected chi connectivity index (χ0v) is 12.4. The average Bonchev–Trinajstić information content (AvgIpc) is 2.50. The molecule has 1 fully saturated rings. The van der Waals surface area contributed by atoms with Crippen molar-refractivity contribution in [3.8, 4) is 5.88 Å². The van der Waals surface area contributed by atoms with Crippen LogP contribution in [0.25, 0.3) is 0 Å². The fourth-order valence-corrected chi connectivity index (χ4v) is 1.75. The first-order valence-corrected chi connectivity index (χ1v) is 6.52. The van der Waals surface area contributed by atoms with Crippen molar-refractivity contribution in [2.45, 2.75) is 24.6 Å². The van der Waals surface area contributed by atoms with Crippen molar-refractivity contribution in [1.29, 1.82) is 0 Å². The molecule has 3 N–H and O–H groups in total. The van der Waals surface area contributed by atoms with Crippen molar-refractivity contribution in [3.63, 3.8) is 0 Å². The Morgan fingerprint density at radius 3 is 2.50 bits per heavy atom. The maximum Gasteiger partial charge on any atom is 0.490 e. The Hall–Kier alpha value is -2.24. The summed E-state index contributed by atoms with van der Waals surface area (Å²) in [6, 6.07) is 0.438. The summed E-state index contributed by atoms with van der Waals surface area (Å²) in [5, 5.41) is 7.12. The molecule has 0 spiro atoms. The maximum atomic E-state index is 13.2. The summed E-state index contributed by atoms with van der Waals surface area (Å²) in [6.45, 7) is 0.300. The Kier molecular flexibility index (Phi) is 6.23. The van der Waals surface area contributed by atoms with Gasteiger partial charge in [-0.3, -0.25) is 0 Å². The van der Waals surface area contributed by atoms with E-state index in [-0.39, 0.29) is 19.5 Å². The lowest BCUT2D eigenvalue weighted by Crippen LogP contribution is -2.55. The van der Waals surface area contributed by atoms with E-state index in [9.17, 15) is 22.0 Å². The van der Waals surface area contributed by atoms with E-state index in [4.69, 9.17) is 20.4 Å². The molecule has 136 valence electrons. The molecular formula is C12H15F5N4O3. The second-order valence-electron chi connectivity index (χ2n) is 4.79. The number of piperidine rings is 1. The minimum absolute atomic E-state index is 0.0766. The van der Waals surface area contributed by atoms with Gasteiger partial charge in [-0.2, -0.15) is 13.2 Å². The molecule has 2 heterocycles. The van der Waals surface area contributed by atoms with Gasteiger partial charge in [0.15, 0.2) is 0 Å². The first-order valence-electron chi connectivity index (χ1n) is 6.52. The largest absolute Gasteiger partial charge is 0.490 e. The third kappa shape index (κ3) is 5.44. The summed E-state index contributed by atoms with van der Waals surface area (Å²) in [4.78, 5) is 18.5. The van der Waals surface area contributed by atoms with E-state index >= 15 is 0 Å². The summed E-state index contributed by atoms with van der Waals surface area (Å²) < 4.78 is 63.1. The van der Waals surface area contributed by atoms with Crippen molar-refractivity contribution in [3.05, 3.63) is 12.4 Å². The van der Waals surface area contributed by atoms with E-state index in [0.29, 0.717) is 11.7 Å². The van der Waals surface area contributed by atoms with Crippen molar-refractivity contribution in [2.75, 3.05) is 25.1 Å². The summed E-state index contributed by atoms with van der Waals surface area (Å²) in [5.74, 6) is -4.59. The number of methoxy groups -OCH3 is 1. The molecular weight excluding hydrogens is 343 g/mol. The number of aromatic nitrogens is 2. The van der Waals surface area contributed by atoms with Crippen LogP contribution in [0.15, 0.2) is 12.4 Å². The molecule has 1 atom stereocenters. The minimum Gasteiger partial charge on any atom is -0.481 e. The van der Waals surface area contributed by atoms with E-state index in [0.717, 1.165) is 0 Å². The number of carbonyl (C=O) groups is 1. The molecule has 1 aliphatic heterocycles. The summed E-state index contributed by atoms with van der Waals surface area (Å²) in [5.41, 5.74) is 5.44. The van der Waals surface area contributed by atoms with Gasteiger partial charge in [-0.15, -0.1) is 0 Å². The Labute approximate surface area is 133 Å². The zero-order chi connectivity index (χ0) is 18.5. The van der Waals surface area contributed by atoms with Gasteiger partial charge in [-0.1, -0.05) is 0 Å². The number of nitrogens with two attached hydrogens (primary N) is 1. The fourth-order valence-electron chi connectivity index (χ4n) is 1.75. The number of rotatable bonds is 2. The number of hydrogen-bond acceptors (Lipinski definition) is 6. The van der Waals surface area contributed by atoms with Gasteiger partial charge in [0.2, 0.25) is 5.88 Å². The van der Waals surface area contributed by atoms with E-state index in [1.807, 2.05) is 0 Å². The molecule has 0 amide bonds. The Morgan fingerprint density at radius 1 is 1.46 bits per heavy atom. The van der Waals surface area contributed by atoms with Gasteiger partial charge < -0.3 is 20.5 Å². The van der Waals surface area contributed by atoms with Crippen LogP contribution < -0.4 is 15.4 Å². The van der Waals surface area contributed by atoms with Crippen LogP contribution in [0.5, 0.6) is 5.88 Å².